The molecule has 2 amide bonds. The predicted octanol–water partition coefficient (Wildman–Crippen LogP) is 2.03. The molecule has 1 aliphatic rings. The number of benzene rings is 1. The van der Waals surface area contributed by atoms with E-state index in [2.05, 4.69) is 0 Å². The summed E-state index contributed by atoms with van der Waals surface area (Å²) >= 11 is 0. The van der Waals surface area contributed by atoms with Crippen molar-refractivity contribution in [3.05, 3.63) is 53.7 Å². The largest absolute Gasteiger partial charge is 0.496 e. The zero-order valence-electron chi connectivity index (χ0n) is 13.2. The van der Waals surface area contributed by atoms with Gasteiger partial charge in [-0.1, -0.05) is 0 Å². The van der Waals surface area contributed by atoms with E-state index in [-0.39, 0.29) is 23.1 Å². The number of rotatable bonds is 3. The third-order valence-corrected chi connectivity index (χ3v) is 3.98. The lowest BCUT2D eigenvalue weighted by Gasteiger charge is -2.34. The summed E-state index contributed by atoms with van der Waals surface area (Å²) in [7, 11) is 1.43. The van der Waals surface area contributed by atoms with Crippen LogP contribution < -0.4 is 4.74 Å². The van der Waals surface area contributed by atoms with Gasteiger partial charge < -0.3 is 19.0 Å². The molecule has 7 heteroatoms. The topological polar surface area (TPSA) is 63.0 Å². The molecule has 6 nitrogen and oxygen atoms in total. The van der Waals surface area contributed by atoms with E-state index >= 15 is 0 Å². The summed E-state index contributed by atoms with van der Waals surface area (Å²) in [6.45, 7) is 1.52. The second-order valence-electron chi connectivity index (χ2n) is 5.41. The normalized spacial score (nSPS) is 14.6. The van der Waals surface area contributed by atoms with Gasteiger partial charge in [0.05, 0.1) is 18.9 Å². The van der Waals surface area contributed by atoms with Crippen LogP contribution in [0.3, 0.4) is 0 Å². The van der Waals surface area contributed by atoms with Gasteiger partial charge in [-0.3, -0.25) is 9.59 Å². The molecule has 0 spiro atoms. The number of carbonyl (C=O) groups is 2. The molecule has 0 N–H and O–H groups in total. The monoisotopic (exact) mass is 332 g/mol. The fourth-order valence-electron chi connectivity index (χ4n) is 2.69. The first-order chi connectivity index (χ1) is 11.6. The van der Waals surface area contributed by atoms with Crippen LogP contribution in [0.15, 0.2) is 41.0 Å². The molecule has 126 valence electrons. The van der Waals surface area contributed by atoms with Crippen LogP contribution in [0.5, 0.6) is 5.75 Å². The van der Waals surface area contributed by atoms with E-state index in [0.717, 1.165) is 0 Å². The smallest absolute Gasteiger partial charge is 0.289 e. The molecule has 3 rings (SSSR count). The summed E-state index contributed by atoms with van der Waals surface area (Å²) in [5.74, 6) is -0.394. The standard InChI is InChI=1S/C17H17FN2O4/c1-23-14-5-4-12(18)11-13(14)16(21)19-6-8-20(9-7-19)17(22)15-3-2-10-24-15/h2-5,10-11H,6-9H2,1H3. The van der Waals surface area contributed by atoms with Gasteiger partial charge in [-0.15, -0.1) is 0 Å². The van der Waals surface area contributed by atoms with E-state index < -0.39 is 5.82 Å². The van der Waals surface area contributed by atoms with Crippen LogP contribution >= 0.6 is 0 Å². The molecule has 0 aliphatic carbocycles. The van der Waals surface area contributed by atoms with Crippen LogP contribution in [0, 0.1) is 5.82 Å². The summed E-state index contributed by atoms with van der Waals surface area (Å²) in [5.41, 5.74) is 0.184. The highest BCUT2D eigenvalue weighted by Crippen LogP contribution is 2.22. The van der Waals surface area contributed by atoms with Crippen LogP contribution in [-0.4, -0.2) is 54.9 Å². The highest BCUT2D eigenvalue weighted by molar-refractivity contribution is 5.97. The Morgan fingerprint density at radius 3 is 2.33 bits per heavy atom. The highest BCUT2D eigenvalue weighted by Gasteiger charge is 2.28. The van der Waals surface area contributed by atoms with Gasteiger partial charge in [0.25, 0.3) is 11.8 Å². The number of hydrogen-bond acceptors (Lipinski definition) is 4. The molecule has 0 unspecified atom stereocenters. The average molecular weight is 332 g/mol. The third-order valence-electron chi connectivity index (χ3n) is 3.98. The molecule has 2 heterocycles. The molecule has 0 radical (unpaired) electrons. The van der Waals surface area contributed by atoms with Crippen molar-refractivity contribution < 1.29 is 23.1 Å². The Morgan fingerprint density at radius 2 is 1.75 bits per heavy atom. The summed E-state index contributed by atoms with van der Waals surface area (Å²) in [6.07, 6.45) is 1.45. The Balaban J connectivity index is 1.67. The first kappa shape index (κ1) is 16.0. The van der Waals surface area contributed by atoms with Crippen molar-refractivity contribution in [3.8, 4) is 5.75 Å². The molecular weight excluding hydrogens is 315 g/mol. The van der Waals surface area contributed by atoms with Crippen molar-refractivity contribution in [3.63, 3.8) is 0 Å². The Labute approximate surface area is 138 Å². The molecule has 1 fully saturated rings. The van der Waals surface area contributed by atoms with Crippen molar-refractivity contribution in [1.82, 2.24) is 9.80 Å². The molecule has 24 heavy (non-hydrogen) atoms. The predicted molar refractivity (Wildman–Crippen MR) is 83.5 cm³/mol. The molecule has 0 atom stereocenters. The molecule has 1 saturated heterocycles. The van der Waals surface area contributed by atoms with Gasteiger partial charge in [-0.25, -0.2) is 4.39 Å². The van der Waals surface area contributed by atoms with E-state index in [1.54, 1.807) is 21.9 Å². The van der Waals surface area contributed by atoms with Gasteiger partial charge in [0.1, 0.15) is 11.6 Å². The molecule has 0 saturated carbocycles. The summed E-state index contributed by atoms with van der Waals surface area (Å²) in [4.78, 5) is 28.0. The number of halogens is 1. The maximum atomic E-state index is 13.4. The van der Waals surface area contributed by atoms with Crippen molar-refractivity contribution in [2.45, 2.75) is 0 Å². The molecule has 0 bridgehead atoms. The van der Waals surface area contributed by atoms with Gasteiger partial charge in [0.2, 0.25) is 0 Å². The lowest BCUT2D eigenvalue weighted by Crippen LogP contribution is -2.50. The molecule has 1 aromatic heterocycles. The van der Waals surface area contributed by atoms with Crippen LogP contribution in [0.25, 0.3) is 0 Å². The zero-order valence-corrected chi connectivity index (χ0v) is 13.2. The van der Waals surface area contributed by atoms with Crippen molar-refractivity contribution in [2.24, 2.45) is 0 Å². The minimum Gasteiger partial charge on any atom is -0.496 e. The average Bonchev–Trinajstić information content (AvgIpc) is 3.15. The lowest BCUT2D eigenvalue weighted by molar-refractivity contribution is 0.0516. The SMILES string of the molecule is COc1ccc(F)cc1C(=O)N1CCN(C(=O)c2ccco2)CC1. The first-order valence-corrected chi connectivity index (χ1v) is 7.55. The molecular formula is C17H17FN2O4. The van der Waals surface area contributed by atoms with Crippen molar-refractivity contribution in [1.29, 1.82) is 0 Å². The summed E-state index contributed by atoms with van der Waals surface area (Å²) in [6, 6.07) is 7.11. The molecule has 1 aliphatic heterocycles. The quantitative estimate of drug-likeness (QED) is 0.863. The van der Waals surface area contributed by atoms with E-state index in [1.165, 1.54) is 31.6 Å². The maximum absolute atomic E-state index is 13.4. The Bertz CT molecular complexity index is 737. The zero-order chi connectivity index (χ0) is 17.1. The Hall–Kier alpha value is -2.83. The number of hydrogen-bond donors (Lipinski definition) is 0. The molecule has 1 aromatic carbocycles. The van der Waals surface area contributed by atoms with E-state index in [0.29, 0.717) is 31.9 Å². The van der Waals surface area contributed by atoms with Crippen molar-refractivity contribution >= 4 is 11.8 Å². The third kappa shape index (κ3) is 3.10. The minimum absolute atomic E-state index is 0.184. The summed E-state index contributed by atoms with van der Waals surface area (Å²) in [5, 5.41) is 0. The second kappa shape index (κ2) is 6.74. The Morgan fingerprint density at radius 1 is 1.08 bits per heavy atom. The van der Waals surface area contributed by atoms with Gasteiger partial charge in [-0.2, -0.15) is 0 Å². The summed E-state index contributed by atoms with van der Waals surface area (Å²) < 4.78 is 23.7. The Kier molecular flexibility index (Phi) is 4.50. The second-order valence-corrected chi connectivity index (χ2v) is 5.41. The van der Waals surface area contributed by atoms with Gasteiger partial charge >= 0.3 is 0 Å². The van der Waals surface area contributed by atoms with Gasteiger partial charge in [-0.05, 0) is 30.3 Å². The number of amides is 2. The maximum Gasteiger partial charge on any atom is 0.289 e. The van der Waals surface area contributed by atoms with Gasteiger partial charge in [0, 0.05) is 26.2 Å². The van der Waals surface area contributed by atoms with Crippen LogP contribution in [-0.2, 0) is 0 Å². The minimum atomic E-state index is -0.495. The van der Waals surface area contributed by atoms with Crippen LogP contribution in [0.2, 0.25) is 0 Å². The van der Waals surface area contributed by atoms with Gasteiger partial charge in [0.15, 0.2) is 5.76 Å². The number of methoxy groups -OCH3 is 1. The fourth-order valence-corrected chi connectivity index (χ4v) is 2.69. The number of furan rings is 1. The fraction of sp³-hybridized carbons (Fsp3) is 0.294. The number of nitrogens with zero attached hydrogens (tertiary/aromatic N) is 2. The number of carbonyl (C=O) groups excluding carboxylic acids is 2. The van der Waals surface area contributed by atoms with Crippen LogP contribution in [0.4, 0.5) is 4.39 Å². The van der Waals surface area contributed by atoms with Crippen LogP contribution in [0.1, 0.15) is 20.9 Å². The lowest BCUT2D eigenvalue weighted by atomic mass is 10.1. The molecule has 2 aromatic rings. The highest BCUT2D eigenvalue weighted by atomic mass is 19.1. The van der Waals surface area contributed by atoms with E-state index in [9.17, 15) is 14.0 Å². The number of ether oxygens (including phenoxy) is 1. The van der Waals surface area contributed by atoms with Crippen molar-refractivity contribution in [2.75, 3.05) is 33.3 Å². The van der Waals surface area contributed by atoms with E-state index in [1.807, 2.05) is 0 Å². The number of piperazine rings is 1. The van der Waals surface area contributed by atoms with E-state index in [4.69, 9.17) is 9.15 Å². The first-order valence-electron chi connectivity index (χ1n) is 7.55.